The summed E-state index contributed by atoms with van der Waals surface area (Å²) in [5.41, 5.74) is 5.16. The Morgan fingerprint density at radius 2 is 1.91 bits per heavy atom. The Labute approximate surface area is 136 Å². The zero-order valence-corrected chi connectivity index (χ0v) is 13.7. The third-order valence-corrected chi connectivity index (χ3v) is 4.13. The molecule has 3 rings (SSSR count). The highest BCUT2D eigenvalue weighted by molar-refractivity contribution is 6.06. The molecule has 2 aromatic carbocycles. The molecule has 0 N–H and O–H groups in total. The van der Waals surface area contributed by atoms with E-state index in [4.69, 9.17) is 0 Å². The van der Waals surface area contributed by atoms with E-state index in [1.807, 2.05) is 37.4 Å². The largest absolute Gasteiger partial charge is 0.337 e. The van der Waals surface area contributed by atoms with Crippen LogP contribution in [0.5, 0.6) is 0 Å². The van der Waals surface area contributed by atoms with Crippen molar-refractivity contribution in [3.05, 3.63) is 77.0 Å². The summed E-state index contributed by atoms with van der Waals surface area (Å²) in [7, 11) is 1.84. The van der Waals surface area contributed by atoms with Crippen LogP contribution in [-0.4, -0.2) is 22.8 Å². The molecule has 0 aliphatic rings. The summed E-state index contributed by atoms with van der Waals surface area (Å²) in [6, 6.07) is 15.8. The topological polar surface area (TPSA) is 33.2 Å². The number of aryl methyl sites for hydroxylation is 2. The average Bonchev–Trinajstić information content (AvgIpc) is 2.56. The van der Waals surface area contributed by atoms with Crippen molar-refractivity contribution in [3.63, 3.8) is 0 Å². The predicted octanol–water partition coefficient (Wildman–Crippen LogP) is 4.12. The Morgan fingerprint density at radius 3 is 2.70 bits per heavy atom. The van der Waals surface area contributed by atoms with Crippen LogP contribution in [0.2, 0.25) is 0 Å². The fourth-order valence-corrected chi connectivity index (χ4v) is 2.85. The Hall–Kier alpha value is -2.68. The Morgan fingerprint density at radius 1 is 1.09 bits per heavy atom. The van der Waals surface area contributed by atoms with E-state index in [2.05, 4.69) is 37.0 Å². The second-order valence-corrected chi connectivity index (χ2v) is 5.97. The van der Waals surface area contributed by atoms with Crippen LogP contribution in [0.3, 0.4) is 0 Å². The van der Waals surface area contributed by atoms with Crippen LogP contribution in [0.4, 0.5) is 0 Å². The molecule has 1 amide bonds. The van der Waals surface area contributed by atoms with E-state index >= 15 is 0 Å². The molecule has 0 fully saturated rings. The lowest BCUT2D eigenvalue weighted by Crippen LogP contribution is -2.26. The summed E-state index contributed by atoms with van der Waals surface area (Å²) in [4.78, 5) is 18.9. The quantitative estimate of drug-likeness (QED) is 0.729. The molecule has 3 heteroatoms. The lowest BCUT2D eigenvalue weighted by atomic mass is 10.0. The Balaban J connectivity index is 1.89. The summed E-state index contributed by atoms with van der Waals surface area (Å²) >= 11 is 0. The van der Waals surface area contributed by atoms with Gasteiger partial charge in [-0.25, -0.2) is 0 Å². The summed E-state index contributed by atoms with van der Waals surface area (Å²) in [6.45, 7) is 4.76. The molecule has 116 valence electrons. The van der Waals surface area contributed by atoms with Crippen molar-refractivity contribution in [3.8, 4) is 0 Å². The van der Waals surface area contributed by atoms with Crippen LogP contribution in [-0.2, 0) is 6.54 Å². The van der Waals surface area contributed by atoms with Crippen molar-refractivity contribution in [1.82, 2.24) is 9.88 Å². The number of fused-ring (bicyclic) bond motifs is 1. The van der Waals surface area contributed by atoms with E-state index < -0.39 is 0 Å². The lowest BCUT2D eigenvalue weighted by Gasteiger charge is -2.19. The van der Waals surface area contributed by atoms with Crippen molar-refractivity contribution in [2.75, 3.05) is 7.05 Å². The zero-order chi connectivity index (χ0) is 16.4. The van der Waals surface area contributed by atoms with Crippen molar-refractivity contribution in [2.45, 2.75) is 20.4 Å². The number of hydrogen-bond donors (Lipinski definition) is 0. The second-order valence-electron chi connectivity index (χ2n) is 5.97. The number of aromatic nitrogens is 1. The molecule has 0 saturated heterocycles. The number of carbonyl (C=O) groups is 1. The molecule has 0 aliphatic carbocycles. The van der Waals surface area contributed by atoms with Crippen LogP contribution in [0.1, 0.15) is 27.0 Å². The van der Waals surface area contributed by atoms with E-state index in [9.17, 15) is 4.79 Å². The minimum absolute atomic E-state index is 0.0172. The molecular weight excluding hydrogens is 284 g/mol. The highest BCUT2D eigenvalue weighted by Crippen LogP contribution is 2.19. The maximum absolute atomic E-state index is 12.8. The summed E-state index contributed by atoms with van der Waals surface area (Å²) < 4.78 is 0. The van der Waals surface area contributed by atoms with Crippen molar-refractivity contribution in [1.29, 1.82) is 0 Å². The third-order valence-electron chi connectivity index (χ3n) is 4.13. The molecule has 0 atom stereocenters. The molecule has 23 heavy (non-hydrogen) atoms. The monoisotopic (exact) mass is 304 g/mol. The molecule has 1 heterocycles. The first-order valence-electron chi connectivity index (χ1n) is 7.71. The Kier molecular flexibility index (Phi) is 4.11. The number of carbonyl (C=O) groups excluding carboxylic acids is 1. The van der Waals surface area contributed by atoms with Gasteiger partial charge in [-0.2, -0.15) is 0 Å². The third kappa shape index (κ3) is 3.09. The molecule has 0 saturated carbocycles. The van der Waals surface area contributed by atoms with E-state index in [1.165, 1.54) is 16.7 Å². The van der Waals surface area contributed by atoms with Gasteiger partial charge in [0.2, 0.25) is 0 Å². The van der Waals surface area contributed by atoms with E-state index in [0.717, 1.165) is 10.9 Å². The average molecular weight is 304 g/mol. The van der Waals surface area contributed by atoms with Gasteiger partial charge in [0.1, 0.15) is 0 Å². The van der Waals surface area contributed by atoms with Gasteiger partial charge in [-0.3, -0.25) is 9.78 Å². The van der Waals surface area contributed by atoms with Crippen LogP contribution in [0.15, 0.2) is 54.7 Å². The van der Waals surface area contributed by atoms with E-state index in [-0.39, 0.29) is 5.91 Å². The maximum atomic E-state index is 12.8. The van der Waals surface area contributed by atoms with Gasteiger partial charge < -0.3 is 4.90 Å². The van der Waals surface area contributed by atoms with Crippen molar-refractivity contribution < 1.29 is 4.79 Å². The van der Waals surface area contributed by atoms with Gasteiger partial charge in [-0.1, -0.05) is 35.9 Å². The fourth-order valence-electron chi connectivity index (χ4n) is 2.85. The first-order chi connectivity index (χ1) is 11.1. The predicted molar refractivity (Wildman–Crippen MR) is 93.5 cm³/mol. The molecule has 0 spiro atoms. The molecule has 3 nitrogen and oxygen atoms in total. The molecule has 0 radical (unpaired) electrons. The number of rotatable bonds is 3. The summed E-state index contributed by atoms with van der Waals surface area (Å²) in [6.07, 6.45) is 1.75. The van der Waals surface area contributed by atoms with E-state index in [1.54, 1.807) is 11.1 Å². The number of nitrogens with zero attached hydrogens (tertiary/aromatic N) is 2. The zero-order valence-electron chi connectivity index (χ0n) is 13.7. The van der Waals surface area contributed by atoms with Crippen LogP contribution >= 0.6 is 0 Å². The summed E-state index contributed by atoms with van der Waals surface area (Å²) in [5, 5.41) is 0.896. The number of benzene rings is 2. The van der Waals surface area contributed by atoms with Gasteiger partial charge in [-0.05, 0) is 43.2 Å². The van der Waals surface area contributed by atoms with Crippen molar-refractivity contribution in [2.24, 2.45) is 0 Å². The first kappa shape index (κ1) is 15.2. The molecule has 3 aromatic rings. The van der Waals surface area contributed by atoms with E-state index in [0.29, 0.717) is 12.1 Å². The van der Waals surface area contributed by atoms with Gasteiger partial charge in [-0.15, -0.1) is 0 Å². The fraction of sp³-hybridized carbons (Fsp3) is 0.200. The molecular formula is C20H20N2O. The molecule has 0 unspecified atom stereocenters. The number of amides is 1. The molecule has 0 aliphatic heterocycles. The van der Waals surface area contributed by atoms with Gasteiger partial charge >= 0.3 is 0 Å². The number of pyridine rings is 1. The van der Waals surface area contributed by atoms with Crippen LogP contribution in [0, 0.1) is 13.8 Å². The van der Waals surface area contributed by atoms with Crippen LogP contribution in [0.25, 0.3) is 10.9 Å². The summed E-state index contributed by atoms with van der Waals surface area (Å²) in [5.74, 6) is 0.0172. The van der Waals surface area contributed by atoms with Gasteiger partial charge in [0.25, 0.3) is 5.91 Å². The molecule has 0 bridgehead atoms. The smallest absolute Gasteiger partial charge is 0.254 e. The Bertz CT molecular complexity index is 865. The van der Waals surface area contributed by atoms with Gasteiger partial charge in [0, 0.05) is 30.7 Å². The van der Waals surface area contributed by atoms with Crippen molar-refractivity contribution >= 4 is 16.8 Å². The first-order valence-corrected chi connectivity index (χ1v) is 7.71. The van der Waals surface area contributed by atoms with Crippen LogP contribution < -0.4 is 0 Å². The lowest BCUT2D eigenvalue weighted by molar-refractivity contribution is 0.0787. The second kappa shape index (κ2) is 6.21. The molecule has 1 aromatic heterocycles. The normalized spacial score (nSPS) is 10.7. The minimum atomic E-state index is 0.0172. The SMILES string of the molecule is Cc1ccc(CN(C)C(=O)c2cccc3ncccc23)c(C)c1. The van der Waals surface area contributed by atoms with Gasteiger partial charge in [0.15, 0.2) is 0 Å². The minimum Gasteiger partial charge on any atom is -0.337 e. The highest BCUT2D eigenvalue weighted by Gasteiger charge is 2.15. The highest BCUT2D eigenvalue weighted by atomic mass is 16.2. The van der Waals surface area contributed by atoms with Gasteiger partial charge in [0.05, 0.1) is 5.52 Å². The number of hydrogen-bond acceptors (Lipinski definition) is 2. The maximum Gasteiger partial charge on any atom is 0.254 e. The standard InChI is InChI=1S/C20H20N2O/c1-14-9-10-16(15(2)12-14)13-22(3)20(23)18-6-4-8-19-17(18)7-5-11-21-19/h4-12H,13H2,1-3H3.